The van der Waals surface area contributed by atoms with Gasteiger partial charge in [-0.25, -0.2) is 8.42 Å². The van der Waals surface area contributed by atoms with Gasteiger partial charge in [-0.15, -0.1) is 0 Å². The SMILES string of the molecule is CCc1ccc(N(C(C)C(N)=O)S(C)(=O)=O)cc1. The van der Waals surface area contributed by atoms with Crippen molar-refractivity contribution in [1.82, 2.24) is 0 Å². The highest BCUT2D eigenvalue weighted by atomic mass is 32.2. The molecule has 100 valence electrons. The molecule has 1 unspecified atom stereocenters. The van der Waals surface area contributed by atoms with Crippen molar-refractivity contribution in [3.05, 3.63) is 29.8 Å². The molecule has 6 heteroatoms. The summed E-state index contributed by atoms with van der Waals surface area (Å²) in [5.74, 6) is -0.681. The summed E-state index contributed by atoms with van der Waals surface area (Å²) < 4.78 is 24.5. The van der Waals surface area contributed by atoms with Crippen LogP contribution in [0.4, 0.5) is 5.69 Å². The lowest BCUT2D eigenvalue weighted by molar-refractivity contribution is -0.118. The van der Waals surface area contributed by atoms with Crippen LogP contribution >= 0.6 is 0 Å². The van der Waals surface area contributed by atoms with Gasteiger partial charge in [-0.3, -0.25) is 9.10 Å². The molecule has 0 spiro atoms. The number of nitrogens with two attached hydrogens (primary N) is 1. The number of carbonyl (C=O) groups excluding carboxylic acids is 1. The fraction of sp³-hybridized carbons (Fsp3) is 0.417. The number of amides is 1. The number of rotatable bonds is 5. The van der Waals surface area contributed by atoms with Gasteiger partial charge >= 0.3 is 0 Å². The van der Waals surface area contributed by atoms with Gasteiger partial charge in [0.25, 0.3) is 0 Å². The number of anilines is 1. The summed E-state index contributed by atoms with van der Waals surface area (Å²) in [6.45, 7) is 3.48. The van der Waals surface area contributed by atoms with Crippen LogP contribution in [0.3, 0.4) is 0 Å². The first kappa shape index (κ1) is 14.5. The van der Waals surface area contributed by atoms with E-state index in [1.807, 2.05) is 19.1 Å². The lowest BCUT2D eigenvalue weighted by atomic mass is 10.1. The monoisotopic (exact) mass is 270 g/mol. The molecule has 1 aromatic carbocycles. The highest BCUT2D eigenvalue weighted by Gasteiger charge is 2.27. The number of hydrogen-bond donors (Lipinski definition) is 1. The Morgan fingerprint density at radius 2 is 1.83 bits per heavy atom. The van der Waals surface area contributed by atoms with Gasteiger partial charge in [0.15, 0.2) is 0 Å². The van der Waals surface area contributed by atoms with E-state index in [4.69, 9.17) is 5.73 Å². The van der Waals surface area contributed by atoms with Crippen LogP contribution in [0.1, 0.15) is 19.4 Å². The van der Waals surface area contributed by atoms with Crippen molar-refractivity contribution in [2.45, 2.75) is 26.3 Å². The third-order valence-electron chi connectivity index (χ3n) is 2.72. The summed E-state index contributed by atoms with van der Waals surface area (Å²) in [5.41, 5.74) is 6.72. The number of aryl methyl sites for hydroxylation is 1. The second kappa shape index (κ2) is 5.39. The number of sulfonamides is 1. The molecule has 1 aromatic rings. The van der Waals surface area contributed by atoms with E-state index in [0.717, 1.165) is 22.5 Å². The summed E-state index contributed by atoms with van der Waals surface area (Å²) in [6, 6.07) is 6.12. The Bertz CT molecular complexity index is 523. The van der Waals surface area contributed by atoms with Gasteiger partial charge in [-0.05, 0) is 31.0 Å². The largest absolute Gasteiger partial charge is 0.368 e. The Morgan fingerprint density at radius 1 is 1.33 bits per heavy atom. The van der Waals surface area contributed by atoms with Gasteiger partial charge in [0, 0.05) is 0 Å². The molecule has 2 N–H and O–H groups in total. The lowest BCUT2D eigenvalue weighted by Crippen LogP contribution is -2.45. The van der Waals surface area contributed by atoms with Gasteiger partial charge < -0.3 is 5.73 Å². The first-order valence-electron chi connectivity index (χ1n) is 5.65. The molecular formula is C12H18N2O3S. The maximum atomic E-state index is 11.8. The van der Waals surface area contributed by atoms with Gasteiger partial charge in [-0.2, -0.15) is 0 Å². The zero-order chi connectivity index (χ0) is 13.9. The van der Waals surface area contributed by atoms with Crippen LogP contribution in [0.25, 0.3) is 0 Å². The maximum absolute atomic E-state index is 11.8. The summed E-state index contributed by atoms with van der Waals surface area (Å²) in [7, 11) is -3.55. The van der Waals surface area contributed by atoms with Crippen molar-refractivity contribution in [1.29, 1.82) is 0 Å². The fourth-order valence-corrected chi connectivity index (χ4v) is 2.88. The van der Waals surface area contributed by atoms with Crippen molar-refractivity contribution < 1.29 is 13.2 Å². The first-order chi connectivity index (χ1) is 8.27. The molecular weight excluding hydrogens is 252 g/mol. The van der Waals surface area contributed by atoms with Gasteiger partial charge in [0.05, 0.1) is 11.9 Å². The predicted molar refractivity (Wildman–Crippen MR) is 71.8 cm³/mol. The molecule has 5 nitrogen and oxygen atoms in total. The average Bonchev–Trinajstić information content (AvgIpc) is 2.28. The van der Waals surface area contributed by atoms with E-state index in [0.29, 0.717) is 5.69 Å². The van der Waals surface area contributed by atoms with Crippen LogP contribution in [0.5, 0.6) is 0 Å². The molecule has 0 aliphatic rings. The van der Waals surface area contributed by atoms with Crippen LogP contribution in [-0.4, -0.2) is 26.6 Å². The van der Waals surface area contributed by atoms with E-state index in [2.05, 4.69) is 0 Å². The summed E-state index contributed by atoms with van der Waals surface area (Å²) in [4.78, 5) is 11.2. The van der Waals surface area contributed by atoms with E-state index in [1.54, 1.807) is 12.1 Å². The summed E-state index contributed by atoms with van der Waals surface area (Å²) in [6.07, 6.45) is 1.92. The normalized spacial score (nSPS) is 13.1. The van der Waals surface area contributed by atoms with E-state index in [1.165, 1.54) is 6.92 Å². The van der Waals surface area contributed by atoms with Gasteiger partial charge in [-0.1, -0.05) is 19.1 Å². The molecule has 0 fully saturated rings. The van der Waals surface area contributed by atoms with E-state index >= 15 is 0 Å². The summed E-state index contributed by atoms with van der Waals surface area (Å²) in [5, 5.41) is 0. The average molecular weight is 270 g/mol. The predicted octanol–water partition coefficient (Wildman–Crippen LogP) is 0.889. The fourth-order valence-electron chi connectivity index (χ4n) is 1.70. The molecule has 1 amide bonds. The Hall–Kier alpha value is -1.56. The maximum Gasteiger partial charge on any atom is 0.241 e. The molecule has 0 saturated carbocycles. The minimum Gasteiger partial charge on any atom is -0.368 e. The van der Waals surface area contributed by atoms with Crippen LogP contribution in [0.15, 0.2) is 24.3 Å². The third kappa shape index (κ3) is 3.22. The van der Waals surface area contributed by atoms with Crippen molar-refractivity contribution in [3.8, 4) is 0 Å². The van der Waals surface area contributed by atoms with Crippen molar-refractivity contribution in [3.63, 3.8) is 0 Å². The number of nitrogens with zero attached hydrogens (tertiary/aromatic N) is 1. The Morgan fingerprint density at radius 3 is 2.17 bits per heavy atom. The van der Waals surface area contributed by atoms with E-state index < -0.39 is 22.0 Å². The molecule has 0 radical (unpaired) electrons. The van der Waals surface area contributed by atoms with Crippen LogP contribution in [0, 0.1) is 0 Å². The number of carbonyl (C=O) groups is 1. The van der Waals surface area contributed by atoms with E-state index in [-0.39, 0.29) is 0 Å². The number of primary amides is 1. The minimum atomic E-state index is -3.55. The number of hydrogen-bond acceptors (Lipinski definition) is 3. The van der Waals surface area contributed by atoms with Crippen LogP contribution in [0.2, 0.25) is 0 Å². The van der Waals surface area contributed by atoms with Crippen molar-refractivity contribution in [2.24, 2.45) is 5.73 Å². The summed E-state index contributed by atoms with van der Waals surface area (Å²) >= 11 is 0. The van der Waals surface area contributed by atoms with Crippen LogP contribution in [-0.2, 0) is 21.2 Å². The Kier molecular flexibility index (Phi) is 4.34. The molecule has 0 aliphatic carbocycles. The van der Waals surface area contributed by atoms with Crippen molar-refractivity contribution >= 4 is 21.6 Å². The zero-order valence-electron chi connectivity index (χ0n) is 10.8. The molecule has 0 bridgehead atoms. The third-order valence-corrected chi connectivity index (χ3v) is 3.96. The number of benzene rings is 1. The smallest absolute Gasteiger partial charge is 0.241 e. The molecule has 1 atom stereocenters. The van der Waals surface area contributed by atoms with Gasteiger partial charge in [0.1, 0.15) is 6.04 Å². The standard InChI is InChI=1S/C12H18N2O3S/c1-4-10-5-7-11(8-6-10)14(18(3,16)17)9(2)12(13)15/h5-9H,4H2,1-3H3,(H2,13,15). The quantitative estimate of drug-likeness (QED) is 0.862. The Balaban J connectivity index is 3.22. The van der Waals surface area contributed by atoms with Crippen molar-refractivity contribution in [2.75, 3.05) is 10.6 Å². The van der Waals surface area contributed by atoms with E-state index in [9.17, 15) is 13.2 Å². The second-order valence-corrected chi connectivity index (χ2v) is 6.02. The molecule has 18 heavy (non-hydrogen) atoms. The molecule has 0 heterocycles. The molecule has 1 rings (SSSR count). The zero-order valence-corrected chi connectivity index (χ0v) is 11.6. The minimum absolute atomic E-state index is 0.445. The highest BCUT2D eigenvalue weighted by molar-refractivity contribution is 7.92. The molecule has 0 aromatic heterocycles. The highest BCUT2D eigenvalue weighted by Crippen LogP contribution is 2.21. The second-order valence-electron chi connectivity index (χ2n) is 4.16. The van der Waals surface area contributed by atoms with Gasteiger partial charge in [0.2, 0.25) is 15.9 Å². The molecule has 0 saturated heterocycles. The first-order valence-corrected chi connectivity index (χ1v) is 7.50. The topological polar surface area (TPSA) is 80.5 Å². The Labute approximate surface area is 108 Å². The van der Waals surface area contributed by atoms with Crippen LogP contribution < -0.4 is 10.0 Å². The molecule has 0 aliphatic heterocycles. The lowest BCUT2D eigenvalue weighted by Gasteiger charge is -2.26.